The highest BCUT2D eigenvalue weighted by Gasteiger charge is 2.23. The molecule has 32 heavy (non-hydrogen) atoms. The Morgan fingerprint density at radius 1 is 1.25 bits per heavy atom. The number of aryl methyl sites for hydroxylation is 1. The summed E-state index contributed by atoms with van der Waals surface area (Å²) in [5.74, 6) is -1.32. The molecular formula is C27H28F2N2O. The van der Waals surface area contributed by atoms with Gasteiger partial charge in [-0.3, -0.25) is 4.98 Å². The number of hydrogen-bond donors (Lipinski definition) is 1. The van der Waals surface area contributed by atoms with Gasteiger partial charge >= 0.3 is 0 Å². The first-order valence-corrected chi connectivity index (χ1v) is 10.7. The van der Waals surface area contributed by atoms with Crippen LogP contribution in [-0.4, -0.2) is 22.0 Å². The van der Waals surface area contributed by atoms with E-state index in [4.69, 9.17) is 0 Å². The molecule has 0 bridgehead atoms. The third-order valence-electron chi connectivity index (χ3n) is 5.64. The second-order valence-corrected chi connectivity index (χ2v) is 7.53. The average molecular weight is 435 g/mol. The molecule has 3 nitrogen and oxygen atoms in total. The minimum atomic E-state index is -0.694. The van der Waals surface area contributed by atoms with E-state index in [0.29, 0.717) is 17.6 Å². The molecule has 0 saturated heterocycles. The maximum atomic E-state index is 14.1. The molecule has 1 heterocycles. The Morgan fingerprint density at radius 3 is 2.72 bits per heavy atom. The molecular weight excluding hydrogens is 406 g/mol. The van der Waals surface area contributed by atoms with Crippen molar-refractivity contribution >= 4 is 11.1 Å². The number of rotatable bonds is 7. The molecule has 0 unspecified atom stereocenters. The summed E-state index contributed by atoms with van der Waals surface area (Å²) in [4.78, 5) is 6.57. The third-order valence-corrected chi connectivity index (χ3v) is 5.64. The van der Waals surface area contributed by atoms with Crippen molar-refractivity contribution in [2.75, 3.05) is 7.05 Å². The fourth-order valence-electron chi connectivity index (χ4n) is 3.85. The summed E-state index contributed by atoms with van der Waals surface area (Å²) < 4.78 is 28.1. The van der Waals surface area contributed by atoms with Crippen molar-refractivity contribution in [2.24, 2.45) is 0 Å². The van der Waals surface area contributed by atoms with Crippen molar-refractivity contribution in [2.45, 2.75) is 33.1 Å². The molecule has 1 aromatic heterocycles. The lowest BCUT2D eigenvalue weighted by molar-refractivity contribution is 0.431. The molecule has 0 spiro atoms. The maximum absolute atomic E-state index is 14.1. The Hall–Kier alpha value is -3.47. The summed E-state index contributed by atoms with van der Waals surface area (Å²) in [5, 5.41) is 10.3. The summed E-state index contributed by atoms with van der Waals surface area (Å²) in [6, 6.07) is 8.34. The van der Waals surface area contributed by atoms with Crippen LogP contribution in [0.15, 0.2) is 84.6 Å². The van der Waals surface area contributed by atoms with Gasteiger partial charge in [0.05, 0.1) is 5.69 Å². The van der Waals surface area contributed by atoms with Crippen molar-refractivity contribution in [3.63, 3.8) is 0 Å². The second-order valence-electron chi connectivity index (χ2n) is 7.53. The number of nitrogens with zero attached hydrogens (tertiary/aromatic N) is 2. The molecule has 1 aliphatic carbocycles. The lowest BCUT2D eigenvalue weighted by Gasteiger charge is -2.30. The van der Waals surface area contributed by atoms with E-state index in [2.05, 4.69) is 11.6 Å². The minimum absolute atomic E-state index is 0.201. The average Bonchev–Trinajstić information content (AvgIpc) is 2.82. The molecule has 5 heteroatoms. The van der Waals surface area contributed by atoms with E-state index in [1.54, 1.807) is 31.3 Å². The lowest BCUT2D eigenvalue weighted by Crippen LogP contribution is -2.21. The van der Waals surface area contributed by atoms with Crippen LogP contribution in [0.25, 0.3) is 11.1 Å². The number of fused-ring (bicyclic) bond motifs is 1. The molecule has 1 aromatic carbocycles. The zero-order valence-corrected chi connectivity index (χ0v) is 18.7. The van der Waals surface area contributed by atoms with Crippen molar-refractivity contribution in [1.29, 1.82) is 0 Å². The van der Waals surface area contributed by atoms with Gasteiger partial charge in [-0.15, -0.1) is 0 Å². The van der Waals surface area contributed by atoms with Gasteiger partial charge in [-0.25, -0.2) is 8.78 Å². The van der Waals surface area contributed by atoms with Gasteiger partial charge in [0, 0.05) is 35.8 Å². The van der Waals surface area contributed by atoms with E-state index >= 15 is 0 Å². The fourth-order valence-corrected chi connectivity index (χ4v) is 3.85. The normalized spacial score (nSPS) is 15.0. The summed E-state index contributed by atoms with van der Waals surface area (Å²) in [6.45, 7) is 7.52. The van der Waals surface area contributed by atoms with Gasteiger partial charge < -0.3 is 10.0 Å². The molecule has 3 rings (SSSR count). The van der Waals surface area contributed by atoms with Crippen LogP contribution in [0.2, 0.25) is 0 Å². The van der Waals surface area contributed by atoms with Crippen molar-refractivity contribution in [1.82, 2.24) is 9.88 Å². The zero-order chi connectivity index (χ0) is 23.3. The van der Waals surface area contributed by atoms with Gasteiger partial charge in [-0.05, 0) is 61.6 Å². The molecule has 2 aromatic rings. The van der Waals surface area contributed by atoms with Crippen LogP contribution in [0, 0.1) is 5.82 Å². The number of aromatic nitrogens is 1. The summed E-state index contributed by atoms with van der Waals surface area (Å²) in [7, 11) is 1.90. The van der Waals surface area contributed by atoms with Crippen molar-refractivity contribution in [3.05, 3.63) is 107 Å². The largest absolute Gasteiger partial charge is 0.504 e. The summed E-state index contributed by atoms with van der Waals surface area (Å²) >= 11 is 0. The predicted molar refractivity (Wildman–Crippen MR) is 127 cm³/mol. The Bertz CT molecular complexity index is 1140. The first-order valence-electron chi connectivity index (χ1n) is 10.7. The number of para-hydroxylation sites is 1. The van der Waals surface area contributed by atoms with E-state index in [1.807, 2.05) is 43.2 Å². The number of benzene rings is 1. The zero-order valence-electron chi connectivity index (χ0n) is 18.7. The Kier molecular flexibility index (Phi) is 7.41. The van der Waals surface area contributed by atoms with Crippen LogP contribution < -0.4 is 0 Å². The number of aromatic hydroxyl groups is 1. The third kappa shape index (κ3) is 4.72. The highest BCUT2D eigenvalue weighted by molar-refractivity contribution is 5.90. The van der Waals surface area contributed by atoms with Crippen LogP contribution >= 0.6 is 0 Å². The molecule has 0 aliphatic heterocycles. The molecule has 1 aliphatic rings. The monoisotopic (exact) mass is 434 g/mol. The van der Waals surface area contributed by atoms with E-state index < -0.39 is 11.6 Å². The summed E-state index contributed by atoms with van der Waals surface area (Å²) in [6.07, 6.45) is 10.4. The quantitative estimate of drug-likeness (QED) is 0.479. The van der Waals surface area contributed by atoms with E-state index in [-0.39, 0.29) is 5.83 Å². The van der Waals surface area contributed by atoms with Gasteiger partial charge in [0.1, 0.15) is 5.83 Å². The molecule has 0 amide bonds. The lowest BCUT2D eigenvalue weighted by atomic mass is 9.89. The number of phenolic OH excluding ortho intramolecular Hbond substituents is 1. The smallest absolute Gasteiger partial charge is 0.165 e. The Balaban J connectivity index is 2.23. The number of allylic oxidation sites excluding steroid dienone is 8. The van der Waals surface area contributed by atoms with Crippen LogP contribution in [0.3, 0.4) is 0 Å². The Labute approximate surface area is 188 Å². The van der Waals surface area contributed by atoms with Gasteiger partial charge in [-0.1, -0.05) is 43.9 Å². The maximum Gasteiger partial charge on any atom is 0.165 e. The Morgan fingerprint density at radius 2 is 2.03 bits per heavy atom. The van der Waals surface area contributed by atoms with Gasteiger partial charge in [0.15, 0.2) is 11.6 Å². The number of hydrogen-bond acceptors (Lipinski definition) is 3. The predicted octanol–water partition coefficient (Wildman–Crippen LogP) is 6.95. The fraction of sp³-hybridized carbons (Fsp3) is 0.222. The molecule has 0 radical (unpaired) electrons. The number of halogens is 2. The van der Waals surface area contributed by atoms with Gasteiger partial charge in [0.25, 0.3) is 0 Å². The first-order chi connectivity index (χ1) is 15.4. The van der Waals surface area contributed by atoms with Crippen LogP contribution in [0.5, 0.6) is 5.75 Å². The van der Waals surface area contributed by atoms with E-state index in [1.165, 1.54) is 12.1 Å². The van der Waals surface area contributed by atoms with Crippen molar-refractivity contribution in [3.8, 4) is 5.75 Å². The van der Waals surface area contributed by atoms with E-state index in [0.717, 1.165) is 41.1 Å². The second kappa shape index (κ2) is 10.2. The minimum Gasteiger partial charge on any atom is -0.504 e. The molecule has 0 atom stereocenters. The molecule has 0 saturated carbocycles. The molecule has 166 valence electrons. The molecule has 0 fully saturated rings. The number of phenols is 1. The highest BCUT2D eigenvalue weighted by atomic mass is 19.1. The van der Waals surface area contributed by atoms with Gasteiger partial charge in [-0.2, -0.15) is 0 Å². The van der Waals surface area contributed by atoms with Crippen LogP contribution in [-0.2, 0) is 6.42 Å². The number of pyridine rings is 1. The van der Waals surface area contributed by atoms with Crippen LogP contribution in [0.1, 0.15) is 43.5 Å². The standard InChI is InChI=1S/C27H28F2N2O/c1-5-18(22-11-8-12-24(29)27(22)32)16-23-25(14-13-19-10-9-15-30-26(19)23)31(4)21(7-3)17-20(28)6-2/h5,7-12,15-17,32H,1,6,13-14H2,2-4H3/b18-16+,20-17+,21-7+. The van der Waals surface area contributed by atoms with Crippen LogP contribution in [0.4, 0.5) is 8.78 Å². The van der Waals surface area contributed by atoms with E-state index in [9.17, 15) is 13.9 Å². The SMILES string of the molecule is C=C/C(=C\C1=C(N(C)C(/C=C(/F)CC)=C/C)CCc2cccnc21)c1cccc(F)c1O. The highest BCUT2D eigenvalue weighted by Crippen LogP contribution is 2.37. The molecule has 1 N–H and O–H groups in total. The number of likely N-dealkylation sites (N-methyl/N-ethyl adjacent to an activating group) is 1. The van der Waals surface area contributed by atoms with Gasteiger partial charge in [0.2, 0.25) is 0 Å². The van der Waals surface area contributed by atoms with Crippen molar-refractivity contribution < 1.29 is 13.9 Å². The first kappa shape index (κ1) is 23.2. The topological polar surface area (TPSA) is 36.4 Å². The summed E-state index contributed by atoms with van der Waals surface area (Å²) in [5.41, 5.74) is 5.35.